The minimum atomic E-state index is 0.990. The number of halogens is 2. The average molecular weight is 488 g/mol. The first kappa shape index (κ1) is 24.2. The third-order valence-electron chi connectivity index (χ3n) is 5.41. The highest BCUT2D eigenvalue weighted by Gasteiger charge is 2.09. The van der Waals surface area contributed by atoms with Gasteiger partial charge in [0, 0.05) is 10.7 Å². The van der Waals surface area contributed by atoms with E-state index in [1.165, 1.54) is 101 Å². The maximum atomic E-state index is 3.73. The van der Waals surface area contributed by atoms with Gasteiger partial charge in [-0.3, -0.25) is 0 Å². The molecule has 0 spiro atoms. The molecule has 1 aromatic carbocycles. The van der Waals surface area contributed by atoms with Crippen LogP contribution in [0.3, 0.4) is 0 Å². The monoisotopic (exact) mass is 486 g/mol. The van der Waals surface area contributed by atoms with Crippen LogP contribution in [0.1, 0.15) is 113 Å². The predicted octanol–water partition coefficient (Wildman–Crippen LogP) is 9.28. The smallest absolute Gasteiger partial charge is 0.0285 e. The van der Waals surface area contributed by atoms with Crippen LogP contribution in [0.2, 0.25) is 0 Å². The molecule has 26 heavy (non-hydrogen) atoms. The SMILES string of the molecule is CCCCCCCCc1cc(CBr)c(CCCCCCCC)cc1CBr. The molecule has 0 bridgehead atoms. The van der Waals surface area contributed by atoms with Gasteiger partial charge in [0.25, 0.3) is 0 Å². The molecule has 0 unspecified atom stereocenters. The Hall–Kier alpha value is 0.180. The van der Waals surface area contributed by atoms with Gasteiger partial charge >= 0.3 is 0 Å². The second-order valence-corrected chi connectivity index (χ2v) is 8.81. The van der Waals surface area contributed by atoms with Crippen molar-refractivity contribution in [3.05, 3.63) is 34.4 Å². The minimum Gasteiger partial charge on any atom is -0.0876 e. The lowest BCUT2D eigenvalue weighted by Crippen LogP contribution is -2.00. The van der Waals surface area contributed by atoms with Gasteiger partial charge in [0.15, 0.2) is 0 Å². The van der Waals surface area contributed by atoms with E-state index in [4.69, 9.17) is 0 Å². The molecule has 0 nitrogen and oxygen atoms in total. The minimum absolute atomic E-state index is 0.990. The summed E-state index contributed by atoms with van der Waals surface area (Å²) in [5.41, 5.74) is 6.17. The van der Waals surface area contributed by atoms with Crippen molar-refractivity contribution in [1.82, 2.24) is 0 Å². The van der Waals surface area contributed by atoms with Crippen molar-refractivity contribution in [1.29, 1.82) is 0 Å². The van der Waals surface area contributed by atoms with Crippen LogP contribution in [0.15, 0.2) is 12.1 Å². The molecule has 2 heteroatoms. The topological polar surface area (TPSA) is 0 Å². The van der Waals surface area contributed by atoms with Crippen LogP contribution >= 0.6 is 31.9 Å². The van der Waals surface area contributed by atoms with Crippen LogP contribution < -0.4 is 0 Å². The Morgan fingerprint density at radius 3 is 1.19 bits per heavy atom. The maximum Gasteiger partial charge on any atom is 0.0285 e. The molecule has 1 rings (SSSR count). The maximum absolute atomic E-state index is 3.73. The molecule has 0 fully saturated rings. The van der Waals surface area contributed by atoms with E-state index in [1.54, 1.807) is 11.1 Å². The molecule has 0 aromatic heterocycles. The van der Waals surface area contributed by atoms with Gasteiger partial charge in [-0.1, -0.05) is 122 Å². The molecule has 0 N–H and O–H groups in total. The Morgan fingerprint density at radius 2 is 0.846 bits per heavy atom. The van der Waals surface area contributed by atoms with Gasteiger partial charge in [-0.25, -0.2) is 0 Å². The van der Waals surface area contributed by atoms with Crippen molar-refractivity contribution in [2.75, 3.05) is 0 Å². The molecular formula is C24H40Br2. The lowest BCUT2D eigenvalue weighted by Gasteiger charge is -2.15. The van der Waals surface area contributed by atoms with E-state index < -0.39 is 0 Å². The first-order chi connectivity index (χ1) is 12.8. The molecule has 0 atom stereocenters. The molecule has 0 aliphatic carbocycles. The molecule has 0 heterocycles. The first-order valence-electron chi connectivity index (χ1n) is 11.0. The van der Waals surface area contributed by atoms with E-state index in [1.807, 2.05) is 0 Å². The van der Waals surface area contributed by atoms with Crippen molar-refractivity contribution in [3.8, 4) is 0 Å². The number of rotatable bonds is 16. The second kappa shape index (κ2) is 16.2. The second-order valence-electron chi connectivity index (χ2n) is 7.69. The highest BCUT2D eigenvalue weighted by atomic mass is 79.9. The quantitative estimate of drug-likeness (QED) is 0.161. The molecule has 1 aromatic rings. The molecule has 0 radical (unpaired) electrons. The zero-order valence-electron chi connectivity index (χ0n) is 17.2. The molecular weight excluding hydrogens is 448 g/mol. The first-order valence-corrected chi connectivity index (χ1v) is 13.3. The number of hydrogen-bond acceptors (Lipinski definition) is 0. The number of alkyl halides is 2. The standard InChI is InChI=1S/C24H40Br2/c1-3-5-7-9-11-13-15-21-17-24(20-26)22(18-23(21)19-25)16-14-12-10-8-6-4-2/h17-18H,3-16,19-20H2,1-2H3. The summed E-state index contributed by atoms with van der Waals surface area (Å²) in [7, 11) is 0. The summed E-state index contributed by atoms with van der Waals surface area (Å²) in [6.07, 6.45) is 19.0. The summed E-state index contributed by atoms with van der Waals surface area (Å²) in [5.74, 6) is 0. The zero-order chi connectivity index (χ0) is 19.0. The fourth-order valence-electron chi connectivity index (χ4n) is 3.70. The highest BCUT2D eigenvalue weighted by molar-refractivity contribution is 9.08. The summed E-state index contributed by atoms with van der Waals surface area (Å²) in [6.45, 7) is 4.58. The third-order valence-corrected chi connectivity index (χ3v) is 6.62. The average Bonchev–Trinajstić information content (AvgIpc) is 2.67. The van der Waals surface area contributed by atoms with Crippen molar-refractivity contribution < 1.29 is 0 Å². The van der Waals surface area contributed by atoms with Crippen LogP contribution in [-0.2, 0) is 23.5 Å². The van der Waals surface area contributed by atoms with Crippen molar-refractivity contribution in [3.63, 3.8) is 0 Å². The molecule has 0 amide bonds. The molecule has 0 saturated carbocycles. The largest absolute Gasteiger partial charge is 0.0876 e. The van der Waals surface area contributed by atoms with E-state index in [0.29, 0.717) is 0 Å². The van der Waals surface area contributed by atoms with Crippen LogP contribution in [0.4, 0.5) is 0 Å². The predicted molar refractivity (Wildman–Crippen MR) is 126 cm³/mol. The van der Waals surface area contributed by atoms with Crippen molar-refractivity contribution >= 4 is 31.9 Å². The van der Waals surface area contributed by atoms with Gasteiger partial charge in [0.2, 0.25) is 0 Å². The van der Waals surface area contributed by atoms with Gasteiger partial charge in [-0.2, -0.15) is 0 Å². The van der Waals surface area contributed by atoms with Crippen molar-refractivity contribution in [2.24, 2.45) is 0 Å². The Kier molecular flexibility index (Phi) is 15.1. The highest BCUT2D eigenvalue weighted by Crippen LogP contribution is 2.25. The number of hydrogen-bond donors (Lipinski definition) is 0. The third kappa shape index (κ3) is 9.93. The number of benzene rings is 1. The molecule has 0 aliphatic rings. The zero-order valence-corrected chi connectivity index (χ0v) is 20.4. The summed E-state index contributed by atoms with van der Waals surface area (Å²) in [6, 6.07) is 4.98. The van der Waals surface area contributed by atoms with Gasteiger partial charge < -0.3 is 0 Å². The van der Waals surface area contributed by atoms with E-state index in [0.717, 1.165) is 10.7 Å². The number of aryl methyl sites for hydroxylation is 2. The Balaban J connectivity index is 2.53. The van der Waals surface area contributed by atoms with E-state index in [2.05, 4.69) is 57.8 Å². The molecule has 0 aliphatic heterocycles. The molecule has 0 saturated heterocycles. The summed E-state index contributed by atoms with van der Waals surface area (Å²) in [5, 5.41) is 1.98. The van der Waals surface area contributed by atoms with Gasteiger partial charge in [-0.15, -0.1) is 0 Å². The van der Waals surface area contributed by atoms with Crippen LogP contribution in [0.25, 0.3) is 0 Å². The van der Waals surface area contributed by atoms with Gasteiger partial charge in [0.1, 0.15) is 0 Å². The van der Waals surface area contributed by atoms with E-state index in [-0.39, 0.29) is 0 Å². The van der Waals surface area contributed by atoms with E-state index >= 15 is 0 Å². The number of unbranched alkanes of at least 4 members (excludes halogenated alkanes) is 10. The fourth-order valence-corrected chi connectivity index (χ4v) is 4.74. The normalized spacial score (nSPS) is 11.2. The summed E-state index contributed by atoms with van der Waals surface area (Å²) < 4.78 is 0. The van der Waals surface area contributed by atoms with Crippen LogP contribution in [-0.4, -0.2) is 0 Å². The Bertz CT molecular complexity index is 424. The lowest BCUT2D eigenvalue weighted by atomic mass is 9.93. The Morgan fingerprint density at radius 1 is 0.500 bits per heavy atom. The molecule has 150 valence electrons. The van der Waals surface area contributed by atoms with Gasteiger partial charge in [-0.05, 0) is 47.9 Å². The fraction of sp³-hybridized carbons (Fsp3) is 0.750. The lowest BCUT2D eigenvalue weighted by molar-refractivity contribution is 0.605. The van der Waals surface area contributed by atoms with Crippen LogP contribution in [0.5, 0.6) is 0 Å². The van der Waals surface area contributed by atoms with Crippen molar-refractivity contribution in [2.45, 2.75) is 114 Å². The Labute approximate surface area is 180 Å². The van der Waals surface area contributed by atoms with Gasteiger partial charge in [0.05, 0.1) is 0 Å². The van der Waals surface area contributed by atoms with Crippen LogP contribution in [0, 0.1) is 0 Å². The summed E-state index contributed by atoms with van der Waals surface area (Å²) in [4.78, 5) is 0. The summed E-state index contributed by atoms with van der Waals surface area (Å²) >= 11 is 7.46. The van der Waals surface area contributed by atoms with E-state index in [9.17, 15) is 0 Å².